The highest BCUT2D eigenvalue weighted by Crippen LogP contribution is 2.26. The normalized spacial score (nSPS) is 15.1. The highest BCUT2D eigenvalue weighted by atomic mass is 32.2. The van der Waals surface area contributed by atoms with Crippen LogP contribution >= 0.6 is 0 Å². The van der Waals surface area contributed by atoms with Crippen LogP contribution in [0.4, 0.5) is 5.69 Å². The van der Waals surface area contributed by atoms with Gasteiger partial charge in [-0.25, -0.2) is 8.42 Å². The topological polar surface area (TPSA) is 88.2 Å². The number of piperazine rings is 1. The summed E-state index contributed by atoms with van der Waals surface area (Å²) < 4.78 is 38.0. The molecule has 3 rings (SSSR count). The number of hydrogen-bond acceptors (Lipinski definition) is 6. The first-order valence-electron chi connectivity index (χ1n) is 9.20. The predicted molar refractivity (Wildman–Crippen MR) is 110 cm³/mol. The summed E-state index contributed by atoms with van der Waals surface area (Å²) in [4.78, 5) is 14.3. The molecule has 1 amide bonds. The summed E-state index contributed by atoms with van der Waals surface area (Å²) in [6, 6.07) is 12.0. The van der Waals surface area contributed by atoms with E-state index in [0.717, 1.165) is 11.4 Å². The van der Waals surface area contributed by atoms with Crippen LogP contribution in [0, 0.1) is 0 Å². The zero-order valence-electron chi connectivity index (χ0n) is 16.7. The summed E-state index contributed by atoms with van der Waals surface area (Å²) in [6.07, 6.45) is 0. The van der Waals surface area contributed by atoms with Gasteiger partial charge in [0.15, 0.2) is 0 Å². The zero-order valence-corrected chi connectivity index (χ0v) is 17.5. The van der Waals surface area contributed by atoms with Gasteiger partial charge in [-0.05, 0) is 42.5 Å². The molecule has 0 saturated carbocycles. The van der Waals surface area contributed by atoms with Crippen LogP contribution in [-0.4, -0.2) is 66.1 Å². The molecule has 1 saturated heterocycles. The third kappa shape index (κ3) is 4.30. The van der Waals surface area contributed by atoms with E-state index in [1.807, 2.05) is 24.3 Å². The minimum Gasteiger partial charge on any atom is -0.497 e. The van der Waals surface area contributed by atoms with E-state index in [0.29, 0.717) is 31.9 Å². The number of carbonyl (C=O) groups excluding carboxylic acids is 1. The fourth-order valence-corrected chi connectivity index (χ4v) is 4.74. The van der Waals surface area contributed by atoms with Crippen molar-refractivity contribution in [2.45, 2.75) is 4.90 Å². The number of methoxy groups -OCH3 is 2. The van der Waals surface area contributed by atoms with Gasteiger partial charge in [0.25, 0.3) is 5.91 Å². The first-order valence-corrected chi connectivity index (χ1v) is 10.6. The van der Waals surface area contributed by atoms with Crippen LogP contribution in [0.2, 0.25) is 0 Å². The molecule has 0 radical (unpaired) electrons. The number of benzene rings is 2. The van der Waals surface area contributed by atoms with Gasteiger partial charge in [-0.3, -0.25) is 4.79 Å². The maximum atomic E-state index is 13.1. The number of sulfonamides is 1. The van der Waals surface area contributed by atoms with E-state index in [1.165, 1.54) is 36.7 Å². The number of amides is 1. The maximum absolute atomic E-state index is 13.1. The second-order valence-corrected chi connectivity index (χ2v) is 8.47. The Balaban J connectivity index is 1.76. The lowest BCUT2D eigenvalue weighted by Crippen LogP contribution is -2.48. The molecule has 1 heterocycles. The predicted octanol–water partition coefficient (Wildman–Crippen LogP) is 1.57. The SMILES string of the molecule is CNC(=O)c1cc(S(=O)(=O)N2CCN(c3ccc(OC)cc3)CC2)ccc1OC. The van der Waals surface area contributed by atoms with E-state index in [2.05, 4.69) is 10.2 Å². The third-order valence-corrected chi connectivity index (χ3v) is 6.85. The summed E-state index contributed by atoms with van der Waals surface area (Å²) in [5, 5.41) is 2.50. The van der Waals surface area contributed by atoms with Crippen molar-refractivity contribution in [3.05, 3.63) is 48.0 Å². The first kappa shape index (κ1) is 20.9. The molecule has 8 nitrogen and oxygen atoms in total. The summed E-state index contributed by atoms with van der Waals surface area (Å²) in [6.45, 7) is 1.86. The van der Waals surface area contributed by atoms with Crippen molar-refractivity contribution in [1.82, 2.24) is 9.62 Å². The Labute approximate surface area is 171 Å². The van der Waals surface area contributed by atoms with Gasteiger partial charge in [0.05, 0.1) is 24.7 Å². The van der Waals surface area contributed by atoms with Crippen LogP contribution in [-0.2, 0) is 10.0 Å². The van der Waals surface area contributed by atoms with Gasteiger partial charge in [0.1, 0.15) is 11.5 Å². The second kappa shape index (κ2) is 8.71. The van der Waals surface area contributed by atoms with Crippen molar-refractivity contribution in [2.24, 2.45) is 0 Å². The fraction of sp³-hybridized carbons (Fsp3) is 0.350. The van der Waals surface area contributed by atoms with Gasteiger partial charge >= 0.3 is 0 Å². The molecule has 29 heavy (non-hydrogen) atoms. The minimum absolute atomic E-state index is 0.0785. The van der Waals surface area contributed by atoms with Gasteiger partial charge in [-0.1, -0.05) is 0 Å². The monoisotopic (exact) mass is 419 g/mol. The molecule has 0 spiro atoms. The summed E-state index contributed by atoms with van der Waals surface area (Å²) in [5.74, 6) is 0.706. The lowest BCUT2D eigenvalue weighted by molar-refractivity contribution is 0.0960. The average molecular weight is 420 g/mol. The summed E-state index contributed by atoms with van der Waals surface area (Å²) >= 11 is 0. The van der Waals surface area contributed by atoms with Crippen molar-refractivity contribution < 1.29 is 22.7 Å². The highest BCUT2D eigenvalue weighted by Gasteiger charge is 2.29. The Bertz CT molecular complexity index is 968. The molecule has 0 aliphatic carbocycles. The van der Waals surface area contributed by atoms with Gasteiger partial charge in [-0.2, -0.15) is 4.31 Å². The quantitative estimate of drug-likeness (QED) is 0.765. The number of ether oxygens (including phenoxy) is 2. The van der Waals surface area contributed by atoms with Crippen LogP contribution in [0.1, 0.15) is 10.4 Å². The Hall–Kier alpha value is -2.78. The Morgan fingerprint density at radius 1 is 0.966 bits per heavy atom. The number of nitrogens with one attached hydrogen (secondary N) is 1. The van der Waals surface area contributed by atoms with E-state index in [4.69, 9.17) is 9.47 Å². The molecule has 1 aliphatic heterocycles. The van der Waals surface area contributed by atoms with E-state index in [9.17, 15) is 13.2 Å². The summed E-state index contributed by atoms with van der Waals surface area (Å²) in [5.41, 5.74) is 1.21. The standard InChI is InChI=1S/C20H25N3O5S/c1-21-20(24)18-14-17(8-9-19(18)28-3)29(25,26)23-12-10-22(11-13-23)15-4-6-16(27-2)7-5-15/h4-9,14H,10-13H2,1-3H3,(H,21,24). The molecule has 2 aromatic rings. The Morgan fingerprint density at radius 3 is 2.17 bits per heavy atom. The van der Waals surface area contributed by atoms with Crippen molar-refractivity contribution in [3.63, 3.8) is 0 Å². The lowest BCUT2D eigenvalue weighted by Gasteiger charge is -2.35. The number of anilines is 1. The van der Waals surface area contributed by atoms with Crippen molar-refractivity contribution in [2.75, 3.05) is 52.3 Å². The number of rotatable bonds is 6. The zero-order chi connectivity index (χ0) is 21.0. The molecule has 9 heteroatoms. The van der Waals surface area contributed by atoms with Gasteiger partial charge < -0.3 is 19.7 Å². The smallest absolute Gasteiger partial charge is 0.254 e. The van der Waals surface area contributed by atoms with E-state index in [1.54, 1.807) is 7.11 Å². The molecule has 0 unspecified atom stereocenters. The van der Waals surface area contributed by atoms with Crippen LogP contribution in [0.3, 0.4) is 0 Å². The lowest BCUT2D eigenvalue weighted by atomic mass is 10.2. The number of carbonyl (C=O) groups is 1. The molecule has 0 bridgehead atoms. The van der Waals surface area contributed by atoms with Crippen LogP contribution in [0.25, 0.3) is 0 Å². The minimum atomic E-state index is -3.72. The van der Waals surface area contributed by atoms with Crippen LogP contribution in [0.5, 0.6) is 11.5 Å². The van der Waals surface area contributed by atoms with Crippen molar-refractivity contribution in [1.29, 1.82) is 0 Å². The second-order valence-electron chi connectivity index (χ2n) is 6.53. The molecule has 1 fully saturated rings. The van der Waals surface area contributed by atoms with Gasteiger partial charge in [-0.15, -0.1) is 0 Å². The van der Waals surface area contributed by atoms with Crippen molar-refractivity contribution in [3.8, 4) is 11.5 Å². The number of hydrogen-bond donors (Lipinski definition) is 1. The van der Waals surface area contributed by atoms with Crippen molar-refractivity contribution >= 4 is 21.6 Å². The van der Waals surface area contributed by atoms with Gasteiger partial charge in [0, 0.05) is 38.9 Å². The third-order valence-electron chi connectivity index (χ3n) is 4.96. The molecule has 1 aliphatic rings. The molecule has 156 valence electrons. The molecular formula is C20H25N3O5S. The Kier molecular flexibility index (Phi) is 6.29. The Morgan fingerprint density at radius 2 is 1.62 bits per heavy atom. The van der Waals surface area contributed by atoms with Crippen LogP contribution in [0.15, 0.2) is 47.4 Å². The van der Waals surface area contributed by atoms with E-state index in [-0.39, 0.29) is 10.5 Å². The average Bonchev–Trinajstić information content (AvgIpc) is 2.78. The molecule has 1 N–H and O–H groups in total. The summed E-state index contributed by atoms with van der Waals surface area (Å²) in [7, 11) is 0.828. The van der Waals surface area contributed by atoms with E-state index >= 15 is 0 Å². The maximum Gasteiger partial charge on any atom is 0.254 e. The molecule has 0 atom stereocenters. The van der Waals surface area contributed by atoms with Gasteiger partial charge in [0.2, 0.25) is 10.0 Å². The fourth-order valence-electron chi connectivity index (χ4n) is 3.29. The molecule has 0 aromatic heterocycles. The molecular weight excluding hydrogens is 394 g/mol. The highest BCUT2D eigenvalue weighted by molar-refractivity contribution is 7.89. The van der Waals surface area contributed by atoms with Crippen LogP contribution < -0.4 is 19.7 Å². The largest absolute Gasteiger partial charge is 0.497 e. The molecule has 2 aromatic carbocycles. The first-order chi connectivity index (χ1) is 13.9. The number of nitrogens with zero attached hydrogens (tertiary/aromatic N) is 2. The van der Waals surface area contributed by atoms with E-state index < -0.39 is 15.9 Å².